The number of aliphatic hydroxyl groups is 1. The van der Waals surface area contributed by atoms with Crippen LogP contribution in [0.4, 0.5) is 4.39 Å². The molecule has 2 heterocycles. The molecule has 1 N–H and O–H groups in total. The van der Waals surface area contributed by atoms with E-state index in [2.05, 4.69) is 5.10 Å². The van der Waals surface area contributed by atoms with Gasteiger partial charge in [0.25, 0.3) is 0 Å². The molecule has 0 amide bonds. The number of hydrogen-bond donors (Lipinski definition) is 1. The third kappa shape index (κ3) is 1.92. The number of hydrogen-bond acceptors (Lipinski definition) is 3. The number of aromatic nitrogens is 2. The van der Waals surface area contributed by atoms with Crippen molar-refractivity contribution in [2.24, 2.45) is 7.05 Å². The van der Waals surface area contributed by atoms with Crippen molar-refractivity contribution < 1.29 is 13.9 Å². The monoisotopic (exact) mass is 260 g/mol. The molecule has 0 radical (unpaired) electrons. The highest BCUT2D eigenvalue weighted by molar-refractivity contribution is 5.78. The van der Waals surface area contributed by atoms with Crippen molar-refractivity contribution >= 4 is 11.0 Å². The second-order valence-electron chi connectivity index (χ2n) is 4.55. The topological polar surface area (TPSA) is 51.2 Å². The molecule has 98 valence electrons. The summed E-state index contributed by atoms with van der Waals surface area (Å²) in [5.74, 6) is -0.116. The van der Waals surface area contributed by atoms with Crippen LogP contribution in [-0.4, -0.2) is 14.9 Å². The van der Waals surface area contributed by atoms with Crippen molar-refractivity contribution in [3.8, 4) is 0 Å². The zero-order valence-electron chi connectivity index (χ0n) is 10.6. The van der Waals surface area contributed by atoms with E-state index in [4.69, 9.17) is 4.42 Å². The van der Waals surface area contributed by atoms with Crippen LogP contribution >= 0.6 is 0 Å². The van der Waals surface area contributed by atoms with Gasteiger partial charge < -0.3 is 9.52 Å². The molecule has 3 rings (SSSR count). The second-order valence-corrected chi connectivity index (χ2v) is 4.55. The predicted molar refractivity (Wildman–Crippen MR) is 68.2 cm³/mol. The molecular formula is C14H13FN2O2. The van der Waals surface area contributed by atoms with Gasteiger partial charge in [-0.1, -0.05) is 12.1 Å². The quantitative estimate of drug-likeness (QED) is 0.770. The molecule has 1 unspecified atom stereocenters. The fourth-order valence-corrected chi connectivity index (χ4v) is 2.22. The van der Waals surface area contributed by atoms with Crippen molar-refractivity contribution in [1.82, 2.24) is 9.78 Å². The van der Waals surface area contributed by atoms with Crippen LogP contribution in [0.5, 0.6) is 0 Å². The Hall–Kier alpha value is -2.14. The third-order valence-corrected chi connectivity index (χ3v) is 3.13. The highest BCUT2D eigenvalue weighted by Gasteiger charge is 2.20. The van der Waals surface area contributed by atoms with Crippen LogP contribution < -0.4 is 0 Å². The summed E-state index contributed by atoms with van der Waals surface area (Å²) < 4.78 is 20.6. The van der Waals surface area contributed by atoms with E-state index in [1.54, 1.807) is 36.1 Å². The van der Waals surface area contributed by atoms with Gasteiger partial charge >= 0.3 is 0 Å². The lowest BCUT2D eigenvalue weighted by Gasteiger charge is -2.05. The first-order valence-electron chi connectivity index (χ1n) is 5.92. The molecule has 0 aliphatic heterocycles. The summed E-state index contributed by atoms with van der Waals surface area (Å²) in [6.07, 6.45) is 0.782. The Labute approximate surface area is 109 Å². The van der Waals surface area contributed by atoms with Crippen molar-refractivity contribution in [2.45, 2.75) is 13.0 Å². The number of nitrogens with zero attached hydrogens (tertiary/aromatic N) is 2. The lowest BCUT2D eigenvalue weighted by atomic mass is 10.1. The number of aliphatic hydroxyl groups excluding tert-OH is 1. The molecule has 0 saturated heterocycles. The van der Waals surface area contributed by atoms with E-state index >= 15 is 0 Å². The summed E-state index contributed by atoms with van der Waals surface area (Å²) >= 11 is 0. The molecule has 0 fully saturated rings. The van der Waals surface area contributed by atoms with Gasteiger partial charge in [0.1, 0.15) is 11.9 Å². The second kappa shape index (κ2) is 4.20. The number of para-hydroxylation sites is 1. The van der Waals surface area contributed by atoms with Crippen LogP contribution in [0.2, 0.25) is 0 Å². The Bertz CT molecular complexity index is 745. The van der Waals surface area contributed by atoms with Gasteiger partial charge in [-0.15, -0.1) is 0 Å². The van der Waals surface area contributed by atoms with E-state index in [0.29, 0.717) is 16.7 Å². The molecule has 5 heteroatoms. The Morgan fingerprint density at radius 1 is 1.42 bits per heavy atom. The molecule has 0 bridgehead atoms. The van der Waals surface area contributed by atoms with E-state index in [9.17, 15) is 9.50 Å². The minimum absolute atomic E-state index is 0.165. The maximum absolute atomic E-state index is 13.6. The lowest BCUT2D eigenvalue weighted by Crippen LogP contribution is -1.98. The summed E-state index contributed by atoms with van der Waals surface area (Å²) in [6, 6.07) is 6.33. The molecule has 0 spiro atoms. The van der Waals surface area contributed by atoms with Gasteiger partial charge in [0.2, 0.25) is 0 Å². The normalized spacial score (nSPS) is 13.1. The molecule has 4 nitrogen and oxygen atoms in total. The standard InChI is InChI=1S/C14H13FN2O2/c1-8-10(7-17(2)16-8)13(18)12-6-9-4-3-5-11(15)14(9)19-12/h3-7,13,18H,1-2H3. The largest absolute Gasteiger partial charge is 0.455 e. The molecule has 3 aromatic rings. The van der Waals surface area contributed by atoms with E-state index in [1.807, 2.05) is 6.92 Å². The maximum Gasteiger partial charge on any atom is 0.170 e. The molecular weight excluding hydrogens is 247 g/mol. The number of fused-ring (bicyclic) bond motifs is 1. The number of benzene rings is 1. The summed E-state index contributed by atoms with van der Waals surface area (Å²) in [6.45, 7) is 1.81. The summed E-state index contributed by atoms with van der Waals surface area (Å²) in [4.78, 5) is 0. The SMILES string of the molecule is Cc1nn(C)cc1C(O)c1cc2cccc(F)c2o1. The molecule has 0 aliphatic rings. The Kier molecular flexibility index (Phi) is 2.64. The Morgan fingerprint density at radius 3 is 2.84 bits per heavy atom. The lowest BCUT2D eigenvalue weighted by molar-refractivity contribution is 0.191. The zero-order chi connectivity index (χ0) is 13.6. The first kappa shape index (κ1) is 11.9. The molecule has 1 atom stereocenters. The van der Waals surface area contributed by atoms with Crippen LogP contribution in [0.1, 0.15) is 23.1 Å². The summed E-state index contributed by atoms with van der Waals surface area (Å²) in [5, 5.41) is 15.1. The smallest absolute Gasteiger partial charge is 0.170 e. The predicted octanol–water partition coefficient (Wildman–Crippen LogP) is 2.70. The number of furan rings is 1. The van der Waals surface area contributed by atoms with E-state index in [0.717, 1.165) is 5.69 Å². The van der Waals surface area contributed by atoms with Gasteiger partial charge in [0.15, 0.2) is 11.4 Å². The molecule has 2 aromatic heterocycles. The van der Waals surface area contributed by atoms with Crippen LogP contribution in [0.3, 0.4) is 0 Å². The first-order valence-corrected chi connectivity index (χ1v) is 5.92. The molecule has 0 aliphatic carbocycles. The van der Waals surface area contributed by atoms with Crippen LogP contribution in [0.15, 0.2) is 34.9 Å². The van der Waals surface area contributed by atoms with Gasteiger partial charge in [0.05, 0.1) is 5.69 Å². The first-order chi connectivity index (χ1) is 9.06. The van der Waals surface area contributed by atoms with Crippen LogP contribution in [-0.2, 0) is 7.05 Å². The van der Waals surface area contributed by atoms with Gasteiger partial charge in [-0.2, -0.15) is 5.10 Å². The van der Waals surface area contributed by atoms with Crippen LogP contribution in [0, 0.1) is 12.7 Å². The maximum atomic E-state index is 13.6. The minimum Gasteiger partial charge on any atom is -0.455 e. The Balaban J connectivity index is 2.09. The van der Waals surface area contributed by atoms with Gasteiger partial charge in [-0.3, -0.25) is 4.68 Å². The van der Waals surface area contributed by atoms with Gasteiger partial charge in [-0.25, -0.2) is 4.39 Å². The molecule has 0 saturated carbocycles. The zero-order valence-corrected chi connectivity index (χ0v) is 10.6. The third-order valence-electron chi connectivity index (χ3n) is 3.13. The van der Waals surface area contributed by atoms with E-state index in [-0.39, 0.29) is 5.58 Å². The van der Waals surface area contributed by atoms with Gasteiger partial charge in [0, 0.05) is 24.2 Å². The summed E-state index contributed by atoms with van der Waals surface area (Å²) in [7, 11) is 1.78. The number of rotatable bonds is 2. The van der Waals surface area contributed by atoms with Crippen LogP contribution in [0.25, 0.3) is 11.0 Å². The van der Waals surface area contributed by atoms with E-state index < -0.39 is 11.9 Å². The average Bonchev–Trinajstić information content (AvgIpc) is 2.93. The van der Waals surface area contributed by atoms with Crippen molar-refractivity contribution in [3.05, 3.63) is 53.3 Å². The summed E-state index contributed by atoms with van der Waals surface area (Å²) in [5.41, 5.74) is 1.54. The number of halogens is 1. The Morgan fingerprint density at radius 2 is 2.21 bits per heavy atom. The fourth-order valence-electron chi connectivity index (χ4n) is 2.22. The average molecular weight is 260 g/mol. The van der Waals surface area contributed by atoms with Crippen molar-refractivity contribution in [3.63, 3.8) is 0 Å². The number of aryl methyl sites for hydroxylation is 2. The fraction of sp³-hybridized carbons (Fsp3) is 0.214. The van der Waals surface area contributed by atoms with Crippen molar-refractivity contribution in [1.29, 1.82) is 0 Å². The minimum atomic E-state index is -0.944. The highest BCUT2D eigenvalue weighted by atomic mass is 19.1. The van der Waals surface area contributed by atoms with Crippen molar-refractivity contribution in [2.75, 3.05) is 0 Å². The van der Waals surface area contributed by atoms with E-state index in [1.165, 1.54) is 6.07 Å². The highest BCUT2D eigenvalue weighted by Crippen LogP contribution is 2.30. The molecule has 1 aromatic carbocycles. The molecule has 19 heavy (non-hydrogen) atoms. The van der Waals surface area contributed by atoms with Gasteiger partial charge in [-0.05, 0) is 19.1 Å².